The first-order valence-corrected chi connectivity index (χ1v) is 4.28. The van der Waals surface area contributed by atoms with Gasteiger partial charge in [0.05, 0.1) is 0 Å². The minimum Gasteiger partial charge on any atom is -0.104 e. The van der Waals surface area contributed by atoms with Crippen LogP contribution in [0.25, 0.3) is 41.8 Å². The average molecular weight is 222 g/mol. The van der Waals surface area contributed by atoms with Crippen LogP contribution in [-0.4, -0.2) is 31.8 Å². The molecule has 0 aliphatic heterocycles. The minimum absolute atomic E-state index is 0. The predicted octanol–water partition coefficient (Wildman–Crippen LogP) is 1.75. The van der Waals surface area contributed by atoms with Gasteiger partial charge in [-0.05, 0) is 41.8 Å². The van der Waals surface area contributed by atoms with Crippen LogP contribution in [0, 0.1) is 0 Å². The van der Waals surface area contributed by atoms with E-state index in [-0.39, 0.29) is 23.1 Å². The van der Waals surface area contributed by atoms with Gasteiger partial charge in [0.2, 0.25) is 0 Å². The van der Waals surface area contributed by atoms with Gasteiger partial charge in [-0.3, -0.25) is 0 Å². The van der Waals surface area contributed by atoms with Gasteiger partial charge in [-0.2, -0.15) is 0 Å². The van der Waals surface area contributed by atoms with Crippen molar-refractivity contribution in [1.29, 1.82) is 0 Å². The Balaban J connectivity index is 0. The highest BCUT2D eigenvalue weighted by Gasteiger charge is 2.30. The van der Waals surface area contributed by atoms with Gasteiger partial charge in [0.15, 0.2) is 0 Å². The van der Waals surface area contributed by atoms with Gasteiger partial charge in [-0.15, -0.1) is 19.1 Å². The Labute approximate surface area is 92.9 Å². The molecule has 0 heterocycles. The van der Waals surface area contributed by atoms with Gasteiger partial charge in [0.1, 0.15) is 0 Å². The first kappa shape index (κ1) is 14.7. The zero-order valence-electron chi connectivity index (χ0n) is 5.87. The first-order valence-electron chi connectivity index (χ1n) is 2.49. The maximum Gasteiger partial charge on any atom is 0.441 e. The zero-order chi connectivity index (χ0) is 10.2. The van der Waals surface area contributed by atoms with Crippen molar-refractivity contribution >= 4 is 31.8 Å². The summed E-state index contributed by atoms with van der Waals surface area (Å²) in [6, 6.07) is 0. The fourth-order valence-corrected chi connectivity index (χ4v) is 1.08. The van der Waals surface area contributed by atoms with Crippen LogP contribution in [-0.2, 0) is 0 Å². The molecule has 0 aliphatic carbocycles. The summed E-state index contributed by atoms with van der Waals surface area (Å²) in [5, 5.41) is 0. The van der Waals surface area contributed by atoms with Gasteiger partial charge >= 0.3 is 31.8 Å². The standard InChI is InChI=1S/Mg.N12Si.2H/c;1-5-9-13(10-6-2,11-7-3)12-8-4;;. The van der Waals surface area contributed by atoms with E-state index >= 15 is 0 Å². The van der Waals surface area contributed by atoms with E-state index in [0.29, 0.717) is 0 Å². The normalized spacial score (nSPS) is 10.9. The first-order chi connectivity index (χ1) is 6.24. The number of nitrogens with zero attached hydrogens (tertiary/aromatic N) is 12. The van der Waals surface area contributed by atoms with Crippen LogP contribution in [0.3, 0.4) is 0 Å². The highest BCUT2D eigenvalue weighted by atomic mass is 28.4. The van der Waals surface area contributed by atoms with E-state index in [4.69, 9.17) is 22.1 Å². The zero-order valence-corrected chi connectivity index (χ0v) is 6.87. The lowest BCUT2D eigenvalue weighted by molar-refractivity contribution is 1.27. The van der Waals surface area contributed by atoms with Gasteiger partial charge in [-0.25, -0.2) is 0 Å². The summed E-state index contributed by atoms with van der Waals surface area (Å²) in [6.45, 7) is 0. The maximum absolute atomic E-state index is 8.02. The maximum atomic E-state index is 8.02. The Kier molecular flexibility index (Phi) is 8.26. The van der Waals surface area contributed by atoms with Gasteiger partial charge < -0.3 is 0 Å². The van der Waals surface area contributed by atoms with Crippen LogP contribution < -0.4 is 0 Å². The third-order valence-corrected chi connectivity index (χ3v) is 2.15. The molecule has 14 heavy (non-hydrogen) atoms. The monoisotopic (exact) mass is 222 g/mol. The molecule has 0 aliphatic rings. The van der Waals surface area contributed by atoms with Crippen molar-refractivity contribution in [2.75, 3.05) is 0 Å². The molecular formula is H2MgN12Si. The van der Waals surface area contributed by atoms with Crippen LogP contribution in [0.1, 0.15) is 0 Å². The van der Waals surface area contributed by atoms with Crippen molar-refractivity contribution < 1.29 is 0 Å². The Morgan fingerprint density at radius 1 is 0.643 bits per heavy atom. The van der Waals surface area contributed by atoms with Crippen molar-refractivity contribution in [3.8, 4) is 0 Å². The number of hydrogen-bond acceptors (Lipinski definition) is 4. The number of hydrogen-bond donors (Lipinski definition) is 0. The second-order valence-electron chi connectivity index (χ2n) is 1.36. The van der Waals surface area contributed by atoms with E-state index in [1.54, 1.807) is 0 Å². The molecule has 0 aromatic rings. The van der Waals surface area contributed by atoms with Crippen LogP contribution in [0.15, 0.2) is 19.1 Å². The lowest BCUT2D eigenvalue weighted by Gasteiger charge is -2.01. The molecule has 0 aromatic heterocycles. The Morgan fingerprint density at radius 3 is 1.00 bits per heavy atom. The molecule has 0 radical (unpaired) electrons. The molecule has 0 rings (SSSR count). The summed E-state index contributed by atoms with van der Waals surface area (Å²) >= 11 is 0. The molecule has 14 heteroatoms. The van der Waals surface area contributed by atoms with Crippen molar-refractivity contribution in [3.63, 3.8) is 0 Å². The van der Waals surface area contributed by atoms with E-state index in [2.05, 4.69) is 38.8 Å². The highest BCUT2D eigenvalue weighted by Crippen LogP contribution is 2.12. The molecule has 12 nitrogen and oxygen atoms in total. The lowest BCUT2D eigenvalue weighted by atomic mass is 12.9. The second-order valence-corrected chi connectivity index (χ2v) is 3.36. The molecule has 68 valence electrons. The Morgan fingerprint density at radius 2 is 0.857 bits per heavy atom. The van der Waals surface area contributed by atoms with E-state index in [9.17, 15) is 0 Å². The molecule has 0 amide bonds. The predicted molar refractivity (Wildman–Crippen MR) is 50.9 cm³/mol. The summed E-state index contributed by atoms with van der Waals surface area (Å²) < 4.78 is 11.5. The van der Waals surface area contributed by atoms with E-state index in [1.165, 1.54) is 0 Å². The van der Waals surface area contributed by atoms with E-state index < -0.39 is 8.72 Å². The summed E-state index contributed by atoms with van der Waals surface area (Å²) in [4.78, 5) is 9.02. The third kappa shape index (κ3) is 4.30. The largest absolute Gasteiger partial charge is 0.441 e. The molecule has 0 N–H and O–H groups in total. The number of rotatable bonds is 4. The second kappa shape index (κ2) is 7.85. The fourth-order valence-electron chi connectivity index (χ4n) is 0.360. The molecule has 0 saturated carbocycles. The van der Waals surface area contributed by atoms with Gasteiger partial charge in [0.25, 0.3) is 0 Å². The third-order valence-electron chi connectivity index (χ3n) is 0.716. The Hall–Kier alpha value is -1.78. The van der Waals surface area contributed by atoms with Crippen LogP contribution in [0.4, 0.5) is 0 Å². The van der Waals surface area contributed by atoms with Crippen molar-refractivity contribution in [1.82, 2.24) is 0 Å². The smallest absolute Gasteiger partial charge is 0.104 e. The summed E-state index contributed by atoms with van der Waals surface area (Å²) in [5.41, 5.74) is 32.1. The molecule has 0 saturated heterocycles. The van der Waals surface area contributed by atoms with Crippen LogP contribution in [0.5, 0.6) is 0 Å². The van der Waals surface area contributed by atoms with Gasteiger partial charge in [0, 0.05) is 0 Å². The van der Waals surface area contributed by atoms with Crippen molar-refractivity contribution in [2.24, 2.45) is 19.1 Å². The lowest BCUT2D eigenvalue weighted by Crippen LogP contribution is -2.21. The molecule has 0 bridgehead atoms. The summed E-state index contributed by atoms with van der Waals surface area (Å²) in [6.07, 6.45) is 0. The highest BCUT2D eigenvalue weighted by molar-refractivity contribution is 6.72. The Bertz CT molecular complexity index is 290. The fraction of sp³-hybridized carbons (Fsp3) is 0. The molecule has 0 fully saturated rings. The number of azide groups is 1. The SMILES string of the molecule is [MgH2].[N-]=[N+]=N[Si](N=[N+]=[N-])(N=[N+]=[N-])N=[N+]=[N-]. The van der Waals surface area contributed by atoms with E-state index in [0.717, 1.165) is 0 Å². The van der Waals surface area contributed by atoms with Crippen molar-refractivity contribution in [3.05, 3.63) is 41.8 Å². The van der Waals surface area contributed by atoms with E-state index in [1.807, 2.05) is 0 Å². The van der Waals surface area contributed by atoms with Crippen molar-refractivity contribution in [2.45, 2.75) is 0 Å². The summed E-state index contributed by atoms with van der Waals surface area (Å²) in [5.74, 6) is 0. The van der Waals surface area contributed by atoms with Gasteiger partial charge in [-0.1, -0.05) is 0 Å². The molecular weight excluding hydrogens is 220 g/mol. The minimum atomic E-state index is -3.96. The average Bonchev–Trinajstić information content (AvgIpc) is 2.06. The topological polar surface area (TPSA) is 195 Å². The molecule has 0 unspecified atom stereocenters. The van der Waals surface area contributed by atoms with Crippen LogP contribution in [0.2, 0.25) is 0 Å². The molecule has 0 aromatic carbocycles. The van der Waals surface area contributed by atoms with Crippen LogP contribution >= 0.6 is 0 Å². The molecule has 0 spiro atoms. The molecule has 0 atom stereocenters. The quantitative estimate of drug-likeness (QED) is 0.289. The summed E-state index contributed by atoms with van der Waals surface area (Å²) in [7, 11) is -3.96.